The van der Waals surface area contributed by atoms with Gasteiger partial charge in [0.15, 0.2) is 11.5 Å². The molecular weight excluding hydrogens is 312 g/mol. The van der Waals surface area contributed by atoms with Gasteiger partial charge in [0.25, 0.3) is 0 Å². The van der Waals surface area contributed by atoms with Gasteiger partial charge in [-0.25, -0.2) is 0 Å². The number of nitrogens with one attached hydrogen (secondary N) is 1. The van der Waals surface area contributed by atoms with E-state index in [0.717, 1.165) is 18.7 Å². The molecule has 1 aromatic rings. The molecule has 7 heteroatoms. The van der Waals surface area contributed by atoms with Crippen LogP contribution in [-0.4, -0.2) is 64.5 Å². The summed E-state index contributed by atoms with van der Waals surface area (Å²) in [5.41, 5.74) is 0.883. The highest BCUT2D eigenvalue weighted by atomic mass is 16.5. The van der Waals surface area contributed by atoms with E-state index in [1.54, 1.807) is 21.3 Å². The second kappa shape index (κ2) is 8.75. The Hall–Kier alpha value is -1.99. The average Bonchev–Trinajstić information content (AvgIpc) is 2.58. The van der Waals surface area contributed by atoms with Gasteiger partial charge in [0.05, 0.1) is 40.6 Å². The van der Waals surface area contributed by atoms with E-state index in [9.17, 15) is 4.79 Å². The number of benzene rings is 1. The number of methoxy groups -OCH3 is 3. The van der Waals surface area contributed by atoms with E-state index in [1.807, 2.05) is 19.1 Å². The van der Waals surface area contributed by atoms with Crippen molar-refractivity contribution in [3.63, 3.8) is 0 Å². The molecule has 0 aliphatic carbocycles. The van der Waals surface area contributed by atoms with Gasteiger partial charge in [0, 0.05) is 19.6 Å². The maximum Gasteiger partial charge on any atom is 0.234 e. The van der Waals surface area contributed by atoms with Gasteiger partial charge in [-0.3, -0.25) is 9.69 Å². The van der Waals surface area contributed by atoms with E-state index in [-0.39, 0.29) is 12.0 Å². The zero-order chi connectivity index (χ0) is 17.5. The molecule has 1 aromatic carbocycles. The number of morpholine rings is 1. The minimum absolute atomic E-state index is 0.0159. The summed E-state index contributed by atoms with van der Waals surface area (Å²) in [4.78, 5) is 14.2. The third-order valence-electron chi connectivity index (χ3n) is 3.91. The molecule has 7 nitrogen and oxygen atoms in total. The summed E-state index contributed by atoms with van der Waals surface area (Å²) in [6.45, 7) is 5.01. The molecule has 1 saturated heterocycles. The first kappa shape index (κ1) is 18.4. The second-order valence-electron chi connectivity index (χ2n) is 5.73. The number of hydrogen-bond acceptors (Lipinski definition) is 6. The van der Waals surface area contributed by atoms with E-state index in [2.05, 4.69) is 10.2 Å². The summed E-state index contributed by atoms with van der Waals surface area (Å²) < 4.78 is 21.4. The maximum atomic E-state index is 12.1. The van der Waals surface area contributed by atoms with Gasteiger partial charge in [-0.15, -0.1) is 0 Å². The van der Waals surface area contributed by atoms with Crippen LogP contribution in [0.25, 0.3) is 0 Å². The van der Waals surface area contributed by atoms with Crippen LogP contribution < -0.4 is 19.5 Å². The van der Waals surface area contributed by atoms with Crippen molar-refractivity contribution >= 4 is 5.91 Å². The maximum absolute atomic E-state index is 12.1. The number of hydrogen-bond donors (Lipinski definition) is 1. The van der Waals surface area contributed by atoms with E-state index < -0.39 is 0 Å². The van der Waals surface area contributed by atoms with Crippen LogP contribution in [0, 0.1) is 0 Å². The van der Waals surface area contributed by atoms with Gasteiger partial charge in [0.2, 0.25) is 11.7 Å². The van der Waals surface area contributed by atoms with Crippen molar-refractivity contribution in [3.05, 3.63) is 17.7 Å². The van der Waals surface area contributed by atoms with Gasteiger partial charge in [0.1, 0.15) is 0 Å². The summed E-state index contributed by atoms with van der Waals surface area (Å²) in [7, 11) is 4.70. The lowest BCUT2D eigenvalue weighted by Gasteiger charge is -2.30. The number of carbonyl (C=O) groups excluding carboxylic acids is 1. The largest absolute Gasteiger partial charge is 0.493 e. The molecule has 2 rings (SSSR count). The van der Waals surface area contributed by atoms with Crippen molar-refractivity contribution in [3.8, 4) is 17.2 Å². The Morgan fingerprint density at radius 2 is 1.92 bits per heavy atom. The molecule has 1 unspecified atom stereocenters. The Kier molecular flexibility index (Phi) is 6.69. The predicted octanol–water partition coefficient (Wildman–Crippen LogP) is 1.05. The smallest absolute Gasteiger partial charge is 0.234 e. The van der Waals surface area contributed by atoms with E-state index in [1.165, 1.54) is 0 Å². The molecule has 0 aromatic heterocycles. The van der Waals surface area contributed by atoms with Crippen molar-refractivity contribution in [1.29, 1.82) is 0 Å². The first-order chi connectivity index (χ1) is 11.6. The van der Waals surface area contributed by atoms with Crippen molar-refractivity contribution in [2.75, 3.05) is 47.6 Å². The molecule has 0 saturated carbocycles. The molecule has 1 N–H and O–H groups in total. The lowest BCUT2D eigenvalue weighted by molar-refractivity contribution is -0.124. The molecule has 0 spiro atoms. The highest BCUT2D eigenvalue weighted by Crippen LogP contribution is 2.38. The predicted molar refractivity (Wildman–Crippen MR) is 89.8 cm³/mol. The number of amides is 1. The van der Waals surface area contributed by atoms with E-state index >= 15 is 0 Å². The molecule has 1 atom stereocenters. The Morgan fingerprint density at radius 1 is 1.25 bits per heavy atom. The van der Waals surface area contributed by atoms with Crippen LogP contribution in [0.2, 0.25) is 0 Å². The quantitative estimate of drug-likeness (QED) is 0.801. The van der Waals surface area contributed by atoms with Gasteiger partial charge in [-0.1, -0.05) is 0 Å². The number of nitrogens with zero attached hydrogens (tertiary/aromatic N) is 1. The van der Waals surface area contributed by atoms with Crippen molar-refractivity contribution in [2.24, 2.45) is 0 Å². The van der Waals surface area contributed by atoms with Crippen LogP contribution in [0.1, 0.15) is 12.5 Å². The fourth-order valence-electron chi connectivity index (χ4n) is 2.73. The third-order valence-corrected chi connectivity index (χ3v) is 3.91. The van der Waals surface area contributed by atoms with E-state index in [4.69, 9.17) is 18.9 Å². The van der Waals surface area contributed by atoms with Crippen LogP contribution in [-0.2, 0) is 16.1 Å². The minimum Gasteiger partial charge on any atom is -0.493 e. The Balaban J connectivity index is 1.94. The Bertz CT molecular complexity index is 539. The molecule has 1 heterocycles. The van der Waals surface area contributed by atoms with Gasteiger partial charge in [-0.2, -0.15) is 0 Å². The van der Waals surface area contributed by atoms with Crippen LogP contribution in [0.5, 0.6) is 17.2 Å². The summed E-state index contributed by atoms with van der Waals surface area (Å²) >= 11 is 0. The topological polar surface area (TPSA) is 69.3 Å². The second-order valence-corrected chi connectivity index (χ2v) is 5.73. The molecule has 0 bridgehead atoms. The molecule has 1 aliphatic heterocycles. The SMILES string of the molecule is COc1cc(CNC(=O)CN2CCOC(C)C2)cc(OC)c1OC. The number of ether oxygens (including phenoxy) is 4. The van der Waals surface area contributed by atoms with Gasteiger partial charge < -0.3 is 24.3 Å². The molecule has 1 amide bonds. The van der Waals surface area contributed by atoms with Crippen molar-refractivity contribution < 1.29 is 23.7 Å². The molecule has 0 radical (unpaired) electrons. The van der Waals surface area contributed by atoms with Crippen LogP contribution >= 0.6 is 0 Å². The van der Waals surface area contributed by atoms with E-state index in [0.29, 0.717) is 36.9 Å². The summed E-state index contributed by atoms with van der Waals surface area (Å²) in [5, 5.41) is 2.93. The van der Waals surface area contributed by atoms with Crippen LogP contribution in [0.15, 0.2) is 12.1 Å². The van der Waals surface area contributed by atoms with Gasteiger partial charge in [-0.05, 0) is 24.6 Å². The zero-order valence-electron chi connectivity index (χ0n) is 14.8. The minimum atomic E-state index is -0.0159. The summed E-state index contributed by atoms with van der Waals surface area (Å²) in [6.07, 6.45) is 0.168. The number of carbonyl (C=O) groups is 1. The molecule has 24 heavy (non-hydrogen) atoms. The lowest BCUT2D eigenvalue weighted by atomic mass is 10.1. The fraction of sp³-hybridized carbons (Fsp3) is 0.588. The summed E-state index contributed by atoms with van der Waals surface area (Å²) in [5.74, 6) is 1.67. The monoisotopic (exact) mass is 338 g/mol. The average molecular weight is 338 g/mol. The van der Waals surface area contributed by atoms with Crippen LogP contribution in [0.4, 0.5) is 0 Å². The third kappa shape index (κ3) is 4.75. The normalized spacial score (nSPS) is 18.1. The Labute approximate surface area is 142 Å². The highest BCUT2D eigenvalue weighted by Gasteiger charge is 2.19. The first-order valence-corrected chi connectivity index (χ1v) is 7.97. The summed E-state index contributed by atoms with van der Waals surface area (Å²) in [6, 6.07) is 3.66. The Morgan fingerprint density at radius 3 is 2.46 bits per heavy atom. The van der Waals surface area contributed by atoms with Crippen molar-refractivity contribution in [2.45, 2.75) is 19.6 Å². The zero-order valence-corrected chi connectivity index (χ0v) is 14.8. The molecule has 134 valence electrons. The fourth-order valence-corrected chi connectivity index (χ4v) is 2.73. The molecular formula is C17H26N2O5. The van der Waals surface area contributed by atoms with Crippen LogP contribution in [0.3, 0.4) is 0 Å². The highest BCUT2D eigenvalue weighted by molar-refractivity contribution is 5.78. The molecule has 1 fully saturated rings. The van der Waals surface area contributed by atoms with Crippen molar-refractivity contribution in [1.82, 2.24) is 10.2 Å². The first-order valence-electron chi connectivity index (χ1n) is 7.97. The van der Waals surface area contributed by atoms with Gasteiger partial charge >= 0.3 is 0 Å². The molecule has 1 aliphatic rings. The lowest BCUT2D eigenvalue weighted by Crippen LogP contribution is -2.45. The number of rotatable bonds is 7. The standard InChI is InChI=1S/C17H26N2O5/c1-12-10-19(5-6-24-12)11-16(20)18-9-13-7-14(21-2)17(23-4)15(8-13)22-3/h7-8,12H,5-6,9-11H2,1-4H3,(H,18,20).